The predicted octanol–water partition coefficient (Wildman–Crippen LogP) is 1.36. The van der Waals surface area contributed by atoms with Crippen LogP contribution in [0.3, 0.4) is 0 Å². The molecule has 1 N–H and O–H groups in total. The average molecular weight is 246 g/mol. The zero-order valence-corrected chi connectivity index (χ0v) is 8.66. The third-order valence-electron chi connectivity index (χ3n) is 2.47. The second-order valence-electron chi connectivity index (χ2n) is 3.69. The van der Waals surface area contributed by atoms with Crippen LogP contribution in [0.1, 0.15) is 12.2 Å². The average Bonchev–Trinajstić information content (AvgIpc) is 2.82. The first-order valence-electron chi connectivity index (χ1n) is 4.84. The Labute approximate surface area is 94.3 Å². The Bertz CT molecular complexity index is 453. The predicted molar refractivity (Wildman–Crippen MR) is 52.0 cm³/mol. The van der Waals surface area contributed by atoms with E-state index in [1.54, 1.807) is 11.2 Å². The van der Waals surface area contributed by atoms with Crippen molar-refractivity contribution in [2.24, 2.45) is 5.92 Å². The number of hydrogen-bond donors (Lipinski definition) is 1. The van der Waals surface area contributed by atoms with Gasteiger partial charge in [0.1, 0.15) is 0 Å². The summed E-state index contributed by atoms with van der Waals surface area (Å²) in [6, 6.07) is 0. The standard InChI is InChI=1S/C9H9F3N4O/c1-2-5-3-6(17)16(4-5)8-13-7(14-15-8)9(10,11)12/h2,5H,1,3-4H2,(H,13,14,15). The number of carbonyl (C=O) groups excluding carboxylic acids is 1. The maximum Gasteiger partial charge on any atom is 0.451 e. The van der Waals surface area contributed by atoms with E-state index in [4.69, 9.17) is 0 Å². The Morgan fingerprint density at radius 1 is 1.53 bits per heavy atom. The summed E-state index contributed by atoms with van der Waals surface area (Å²) in [4.78, 5) is 15.9. The summed E-state index contributed by atoms with van der Waals surface area (Å²) >= 11 is 0. The van der Waals surface area contributed by atoms with Gasteiger partial charge in [-0.3, -0.25) is 14.8 Å². The lowest BCUT2D eigenvalue weighted by molar-refractivity contribution is -0.144. The molecule has 0 spiro atoms. The maximum atomic E-state index is 12.3. The van der Waals surface area contributed by atoms with Gasteiger partial charge in [0.15, 0.2) is 0 Å². The molecule has 1 saturated heterocycles. The second-order valence-corrected chi connectivity index (χ2v) is 3.69. The van der Waals surface area contributed by atoms with Crippen molar-refractivity contribution in [3.8, 4) is 0 Å². The van der Waals surface area contributed by atoms with Crippen LogP contribution in [0.5, 0.6) is 0 Å². The van der Waals surface area contributed by atoms with Crippen LogP contribution in [0.4, 0.5) is 19.1 Å². The number of rotatable bonds is 2. The van der Waals surface area contributed by atoms with E-state index in [0.29, 0.717) is 0 Å². The van der Waals surface area contributed by atoms with Crippen LogP contribution in [0.2, 0.25) is 0 Å². The Hall–Kier alpha value is -1.86. The molecule has 0 radical (unpaired) electrons. The smallest absolute Gasteiger partial charge is 0.279 e. The zero-order valence-electron chi connectivity index (χ0n) is 8.66. The number of aromatic amines is 1. The molecule has 2 rings (SSSR count). The van der Waals surface area contributed by atoms with Gasteiger partial charge < -0.3 is 0 Å². The molecule has 0 aromatic carbocycles. The van der Waals surface area contributed by atoms with Gasteiger partial charge in [0, 0.05) is 18.9 Å². The van der Waals surface area contributed by atoms with E-state index in [2.05, 4.69) is 16.7 Å². The molecule has 1 atom stereocenters. The minimum absolute atomic E-state index is 0.0738. The quantitative estimate of drug-likeness (QED) is 0.801. The van der Waals surface area contributed by atoms with E-state index in [1.165, 1.54) is 0 Å². The minimum Gasteiger partial charge on any atom is -0.279 e. The van der Waals surface area contributed by atoms with Gasteiger partial charge >= 0.3 is 6.18 Å². The van der Waals surface area contributed by atoms with Crippen molar-refractivity contribution in [3.05, 3.63) is 18.5 Å². The molecular weight excluding hydrogens is 237 g/mol. The minimum atomic E-state index is -4.59. The van der Waals surface area contributed by atoms with Gasteiger partial charge in [0.2, 0.25) is 11.7 Å². The van der Waals surface area contributed by atoms with Gasteiger partial charge in [-0.05, 0) is 0 Å². The first-order valence-corrected chi connectivity index (χ1v) is 4.84. The van der Waals surface area contributed by atoms with Crippen molar-refractivity contribution in [1.29, 1.82) is 0 Å². The van der Waals surface area contributed by atoms with Gasteiger partial charge in [0.05, 0.1) is 0 Å². The lowest BCUT2D eigenvalue weighted by Gasteiger charge is -2.10. The summed E-state index contributed by atoms with van der Waals surface area (Å²) in [5, 5.41) is 5.17. The Morgan fingerprint density at radius 2 is 2.24 bits per heavy atom. The van der Waals surface area contributed by atoms with Gasteiger partial charge in [-0.25, -0.2) is 0 Å². The van der Waals surface area contributed by atoms with Crippen molar-refractivity contribution in [2.75, 3.05) is 11.4 Å². The van der Waals surface area contributed by atoms with Gasteiger partial charge in [-0.2, -0.15) is 18.2 Å². The fourth-order valence-corrected chi connectivity index (χ4v) is 1.59. The Balaban J connectivity index is 2.21. The number of halogens is 3. The van der Waals surface area contributed by atoms with Crippen molar-refractivity contribution >= 4 is 11.9 Å². The third-order valence-corrected chi connectivity index (χ3v) is 2.47. The van der Waals surface area contributed by atoms with Crippen LogP contribution in [-0.2, 0) is 11.0 Å². The number of hydrogen-bond acceptors (Lipinski definition) is 3. The molecule has 0 aliphatic carbocycles. The summed E-state index contributed by atoms with van der Waals surface area (Å²) in [5.41, 5.74) is 0. The van der Waals surface area contributed by atoms with Crippen molar-refractivity contribution in [2.45, 2.75) is 12.6 Å². The van der Waals surface area contributed by atoms with E-state index in [1.807, 2.05) is 0 Å². The highest BCUT2D eigenvalue weighted by atomic mass is 19.4. The molecule has 1 amide bonds. The van der Waals surface area contributed by atoms with Gasteiger partial charge in [0.25, 0.3) is 5.95 Å². The highest BCUT2D eigenvalue weighted by Gasteiger charge is 2.38. The van der Waals surface area contributed by atoms with Crippen LogP contribution in [-0.4, -0.2) is 27.6 Å². The monoisotopic (exact) mass is 246 g/mol. The van der Waals surface area contributed by atoms with E-state index in [9.17, 15) is 18.0 Å². The summed E-state index contributed by atoms with van der Waals surface area (Å²) in [6.07, 6.45) is -2.78. The Kier molecular flexibility index (Phi) is 2.64. The van der Waals surface area contributed by atoms with E-state index in [-0.39, 0.29) is 30.7 Å². The highest BCUT2D eigenvalue weighted by Crippen LogP contribution is 2.28. The summed E-state index contributed by atoms with van der Waals surface area (Å²) in [6.45, 7) is 3.80. The largest absolute Gasteiger partial charge is 0.451 e. The molecule has 1 aromatic rings. The normalized spacial score (nSPS) is 21.0. The Morgan fingerprint density at radius 3 is 2.71 bits per heavy atom. The number of H-pyrrole nitrogens is 1. The van der Waals surface area contributed by atoms with E-state index < -0.39 is 12.0 Å². The molecule has 17 heavy (non-hydrogen) atoms. The first kappa shape index (κ1) is 11.6. The number of carbonyl (C=O) groups is 1. The lowest BCUT2D eigenvalue weighted by atomic mass is 10.1. The number of aromatic nitrogens is 3. The lowest BCUT2D eigenvalue weighted by Crippen LogP contribution is -2.25. The first-order chi connectivity index (χ1) is 7.91. The van der Waals surface area contributed by atoms with Gasteiger partial charge in [-0.1, -0.05) is 6.08 Å². The molecule has 0 bridgehead atoms. The van der Waals surface area contributed by atoms with Crippen molar-refractivity contribution in [3.63, 3.8) is 0 Å². The SMILES string of the molecule is C=CC1CC(=O)N(c2n[nH]c(C(F)(F)F)n2)C1. The summed E-state index contributed by atoms with van der Waals surface area (Å²) in [7, 11) is 0. The van der Waals surface area contributed by atoms with Crippen LogP contribution in [0, 0.1) is 5.92 Å². The molecule has 92 valence electrons. The van der Waals surface area contributed by atoms with Crippen molar-refractivity contribution in [1.82, 2.24) is 15.2 Å². The molecule has 0 saturated carbocycles. The number of amides is 1. The molecule has 1 aliphatic heterocycles. The fraction of sp³-hybridized carbons (Fsp3) is 0.444. The number of nitrogens with zero attached hydrogens (tertiary/aromatic N) is 3. The van der Waals surface area contributed by atoms with Crippen LogP contribution in [0.15, 0.2) is 12.7 Å². The third kappa shape index (κ3) is 2.15. The van der Waals surface area contributed by atoms with E-state index in [0.717, 1.165) is 4.90 Å². The molecule has 8 heteroatoms. The highest BCUT2D eigenvalue weighted by molar-refractivity contribution is 5.94. The number of nitrogens with one attached hydrogen (secondary N) is 1. The topological polar surface area (TPSA) is 61.9 Å². The van der Waals surface area contributed by atoms with E-state index >= 15 is 0 Å². The summed E-state index contributed by atoms with van der Waals surface area (Å²) < 4.78 is 36.8. The fourth-order valence-electron chi connectivity index (χ4n) is 1.59. The molecule has 2 heterocycles. The van der Waals surface area contributed by atoms with Gasteiger partial charge in [-0.15, -0.1) is 11.7 Å². The number of alkyl halides is 3. The molecular formula is C9H9F3N4O. The van der Waals surface area contributed by atoms with Crippen molar-refractivity contribution < 1.29 is 18.0 Å². The maximum absolute atomic E-state index is 12.3. The molecule has 1 aromatic heterocycles. The molecule has 5 nitrogen and oxygen atoms in total. The summed E-state index contributed by atoms with van der Waals surface area (Å²) in [5.74, 6) is -1.83. The van der Waals surface area contributed by atoms with Crippen LogP contribution < -0.4 is 4.90 Å². The molecule has 1 fully saturated rings. The molecule has 1 unspecified atom stereocenters. The van der Waals surface area contributed by atoms with Crippen LogP contribution >= 0.6 is 0 Å². The second kappa shape index (κ2) is 3.86. The zero-order chi connectivity index (χ0) is 12.6. The number of anilines is 1. The van der Waals surface area contributed by atoms with Crippen LogP contribution in [0.25, 0.3) is 0 Å². The molecule has 1 aliphatic rings.